The van der Waals surface area contributed by atoms with E-state index < -0.39 is 59.5 Å². The molecule has 0 aromatic carbocycles. The topological polar surface area (TPSA) is 246 Å². The van der Waals surface area contributed by atoms with Crippen LogP contribution in [0.2, 0.25) is 0 Å². The lowest BCUT2D eigenvalue weighted by molar-refractivity contribution is -0.159. The number of esters is 1. The molecule has 288 valence electrons. The van der Waals surface area contributed by atoms with Crippen molar-refractivity contribution in [3.8, 4) is 0 Å². The Hall–Kier alpha value is -4.70. The molecule has 7 N–H and O–H groups in total. The van der Waals surface area contributed by atoms with Gasteiger partial charge in [-0.1, -0.05) is 19.9 Å². The van der Waals surface area contributed by atoms with E-state index in [0.717, 1.165) is 0 Å². The Morgan fingerprint density at radius 2 is 1.67 bits per heavy atom. The van der Waals surface area contributed by atoms with Gasteiger partial charge in [0, 0.05) is 43.9 Å². The zero-order valence-corrected chi connectivity index (χ0v) is 31.1. The molecule has 16 nitrogen and oxygen atoms in total. The zero-order valence-electron chi connectivity index (χ0n) is 31.1. The van der Waals surface area contributed by atoms with Crippen LogP contribution in [-0.2, 0) is 39.9 Å². The van der Waals surface area contributed by atoms with Gasteiger partial charge in [0.1, 0.15) is 35.5 Å². The van der Waals surface area contributed by atoms with Crippen LogP contribution in [0.4, 0.5) is 0 Å². The number of aliphatic hydroxyl groups excluding tert-OH is 1. The predicted molar refractivity (Wildman–Crippen MR) is 191 cm³/mol. The fraction of sp³-hybridized carbons (Fsp3) is 0.611. The molecule has 2 amide bonds. The van der Waals surface area contributed by atoms with Crippen LogP contribution in [0.5, 0.6) is 0 Å². The second kappa shape index (κ2) is 19.8. The Bertz CT molecular complexity index is 1500. The number of carboxylic acids is 2. The molecule has 16 heteroatoms. The molecule has 1 heterocycles. The summed E-state index contributed by atoms with van der Waals surface area (Å²) in [4.78, 5) is 83.2. The largest absolute Gasteiger partial charge is 0.511 e. The summed E-state index contributed by atoms with van der Waals surface area (Å²) in [5, 5.41) is 34.5. The molecule has 0 bridgehead atoms. The van der Waals surface area contributed by atoms with Gasteiger partial charge in [0.15, 0.2) is 5.78 Å². The third-order valence-electron chi connectivity index (χ3n) is 8.05. The quantitative estimate of drug-likeness (QED) is 0.0442. The Morgan fingerprint density at radius 1 is 1.00 bits per heavy atom. The van der Waals surface area contributed by atoms with Gasteiger partial charge < -0.3 is 30.7 Å². The lowest BCUT2D eigenvalue weighted by atomic mass is 9.76. The van der Waals surface area contributed by atoms with Crippen LogP contribution in [0.3, 0.4) is 0 Å². The molecule has 1 aliphatic rings. The summed E-state index contributed by atoms with van der Waals surface area (Å²) >= 11 is 0. The summed E-state index contributed by atoms with van der Waals surface area (Å²) in [5.74, 6) is -4.69. The fourth-order valence-electron chi connectivity index (χ4n) is 5.55. The summed E-state index contributed by atoms with van der Waals surface area (Å²) in [7, 11) is 0. The summed E-state index contributed by atoms with van der Waals surface area (Å²) in [6.07, 6.45) is 4.25. The predicted octanol–water partition coefficient (Wildman–Crippen LogP) is 2.57. The van der Waals surface area contributed by atoms with Crippen LogP contribution in [0, 0.1) is 5.41 Å². The lowest BCUT2D eigenvalue weighted by Crippen LogP contribution is -2.55. The SMILES string of the molecule is CC(=N[C@@H](C)C(=O)N[C@@H](CCCCNN[C@@H](Cc1cccnc1)C(=O)N[C@@H](CCC(=O)O)C(=O)OC(C)(C)C)C(=O)O)C1=C(O)CC(C)(C)CC1=O. The van der Waals surface area contributed by atoms with Crippen molar-refractivity contribution in [1.29, 1.82) is 0 Å². The number of carbonyl (C=O) groups is 6. The van der Waals surface area contributed by atoms with Crippen molar-refractivity contribution in [2.24, 2.45) is 10.4 Å². The van der Waals surface area contributed by atoms with Gasteiger partial charge in [0.2, 0.25) is 11.8 Å². The maximum atomic E-state index is 13.4. The van der Waals surface area contributed by atoms with Gasteiger partial charge in [-0.05, 0) is 83.8 Å². The van der Waals surface area contributed by atoms with E-state index in [1.807, 2.05) is 13.8 Å². The second-order valence-electron chi connectivity index (χ2n) is 14.8. The number of ketones is 1. The lowest BCUT2D eigenvalue weighted by Gasteiger charge is -2.29. The highest BCUT2D eigenvalue weighted by molar-refractivity contribution is 6.22. The van der Waals surface area contributed by atoms with Crippen LogP contribution >= 0.6 is 0 Å². The van der Waals surface area contributed by atoms with E-state index >= 15 is 0 Å². The number of allylic oxidation sites excluding steroid dienone is 2. The van der Waals surface area contributed by atoms with Gasteiger partial charge in [0.25, 0.3) is 0 Å². The number of carboxylic acid groups (broad SMARTS) is 2. The third kappa shape index (κ3) is 15.3. The number of amides is 2. The summed E-state index contributed by atoms with van der Waals surface area (Å²) < 4.78 is 5.40. The third-order valence-corrected chi connectivity index (χ3v) is 8.05. The van der Waals surface area contributed by atoms with E-state index in [2.05, 4.69) is 31.5 Å². The molecule has 0 spiro atoms. The number of hydrogen-bond acceptors (Lipinski definition) is 12. The Kier molecular flexibility index (Phi) is 16.5. The number of unbranched alkanes of at least 4 members (excludes halogenated alkanes) is 1. The first kappa shape index (κ1) is 43.5. The smallest absolute Gasteiger partial charge is 0.329 e. The van der Waals surface area contributed by atoms with Crippen LogP contribution in [-0.4, -0.2) is 97.8 Å². The highest BCUT2D eigenvalue weighted by atomic mass is 16.6. The van der Waals surface area contributed by atoms with Crippen LogP contribution in [0.15, 0.2) is 40.9 Å². The molecule has 0 saturated heterocycles. The van der Waals surface area contributed by atoms with Gasteiger partial charge in [0.05, 0.1) is 5.57 Å². The second-order valence-corrected chi connectivity index (χ2v) is 14.8. The number of carbonyl (C=O) groups excluding carboxylic acids is 4. The number of hydrazine groups is 1. The summed E-state index contributed by atoms with van der Waals surface area (Å²) in [6.45, 7) is 12.0. The molecule has 0 saturated carbocycles. The minimum atomic E-state index is -1.23. The van der Waals surface area contributed by atoms with Crippen molar-refractivity contribution in [2.75, 3.05) is 6.54 Å². The highest BCUT2D eigenvalue weighted by Gasteiger charge is 2.35. The van der Waals surface area contributed by atoms with Crippen molar-refractivity contribution >= 4 is 41.2 Å². The molecule has 1 aromatic rings. The van der Waals surface area contributed by atoms with Crippen molar-refractivity contribution in [1.82, 2.24) is 26.5 Å². The first-order valence-electron chi connectivity index (χ1n) is 17.3. The van der Waals surface area contributed by atoms with Crippen molar-refractivity contribution < 1.29 is 48.8 Å². The van der Waals surface area contributed by atoms with Crippen molar-refractivity contribution in [3.05, 3.63) is 41.4 Å². The molecular weight excluding hydrogens is 676 g/mol. The number of hydrogen-bond donors (Lipinski definition) is 7. The van der Waals surface area contributed by atoms with Gasteiger partial charge in [-0.3, -0.25) is 34.6 Å². The van der Waals surface area contributed by atoms with Crippen LogP contribution in [0.25, 0.3) is 0 Å². The van der Waals surface area contributed by atoms with E-state index in [-0.39, 0.29) is 60.3 Å². The van der Waals surface area contributed by atoms with Gasteiger partial charge in [-0.15, -0.1) is 0 Å². The number of aliphatic carboxylic acids is 2. The van der Waals surface area contributed by atoms with E-state index in [4.69, 9.17) is 9.84 Å². The normalized spacial score (nSPS) is 17.1. The monoisotopic (exact) mass is 730 g/mol. The fourth-order valence-corrected chi connectivity index (χ4v) is 5.55. The molecule has 0 aliphatic heterocycles. The van der Waals surface area contributed by atoms with E-state index in [1.54, 1.807) is 45.3 Å². The average Bonchev–Trinajstić information content (AvgIpc) is 3.01. The number of Topliss-reactive ketones (excluding diaryl/α,β-unsaturated/α-hetero) is 1. The van der Waals surface area contributed by atoms with Crippen LogP contribution in [0.1, 0.15) is 99.0 Å². The summed E-state index contributed by atoms with van der Waals surface area (Å²) in [5.41, 5.74) is 5.67. The molecule has 1 aliphatic carbocycles. The molecule has 4 atom stereocenters. The standard InChI is InChI=1S/C36H54N6O10/c1-21(30-27(43)18-36(6,7)19-28(30)44)39-22(2)31(47)40-24(33(49)50)12-8-9-16-38-42-26(17-23-11-10-15-37-20-23)32(48)41-25(13-14-29(45)46)34(51)52-35(3,4)5/h10-11,15,20,22,24-26,38,42-43H,8-9,12-14,16-19H2,1-7H3,(H,40,47)(H,41,48)(H,45,46)(H,49,50)/t22-,24-,25-,26-/m0/s1. The number of aliphatic hydroxyl groups is 1. The molecule has 2 rings (SSSR count). The minimum absolute atomic E-state index is 0.0774. The maximum absolute atomic E-state index is 13.4. The highest BCUT2D eigenvalue weighted by Crippen LogP contribution is 2.36. The summed E-state index contributed by atoms with van der Waals surface area (Å²) in [6, 6.07) is -0.853. The first-order valence-corrected chi connectivity index (χ1v) is 17.3. The Balaban J connectivity index is 1.98. The molecule has 0 radical (unpaired) electrons. The Labute approximate surface area is 304 Å². The van der Waals surface area contributed by atoms with Crippen molar-refractivity contribution in [3.63, 3.8) is 0 Å². The van der Waals surface area contributed by atoms with Gasteiger partial charge in [-0.25, -0.2) is 15.0 Å². The molecular formula is C36H54N6O10. The van der Waals surface area contributed by atoms with Crippen LogP contribution < -0.4 is 21.5 Å². The molecule has 0 fully saturated rings. The average molecular weight is 731 g/mol. The maximum Gasteiger partial charge on any atom is 0.329 e. The number of nitrogens with one attached hydrogen (secondary N) is 4. The number of nitrogens with zero attached hydrogens (tertiary/aromatic N) is 2. The number of pyridine rings is 1. The van der Waals surface area contributed by atoms with E-state index in [9.17, 15) is 39.0 Å². The van der Waals surface area contributed by atoms with E-state index in [0.29, 0.717) is 31.4 Å². The van der Waals surface area contributed by atoms with Crippen molar-refractivity contribution in [2.45, 2.75) is 130 Å². The number of aliphatic imine (C=N–C) groups is 1. The molecule has 1 aromatic heterocycles. The van der Waals surface area contributed by atoms with Gasteiger partial charge >= 0.3 is 17.9 Å². The Morgan fingerprint density at radius 3 is 2.25 bits per heavy atom. The number of rotatable bonds is 20. The first-order chi connectivity index (χ1) is 24.2. The number of aromatic nitrogens is 1. The minimum Gasteiger partial charge on any atom is -0.511 e. The van der Waals surface area contributed by atoms with Gasteiger partial charge in [-0.2, -0.15) is 0 Å². The van der Waals surface area contributed by atoms with E-state index in [1.165, 1.54) is 13.8 Å². The molecule has 52 heavy (non-hydrogen) atoms. The number of ether oxygens (including phenoxy) is 1. The zero-order chi connectivity index (χ0) is 39.2. The molecule has 0 unspecified atom stereocenters.